The van der Waals surface area contributed by atoms with Crippen LogP contribution in [-0.2, 0) is 19.2 Å². The van der Waals surface area contributed by atoms with Crippen molar-refractivity contribution in [2.75, 3.05) is 4.90 Å². The van der Waals surface area contributed by atoms with E-state index in [1.54, 1.807) is 36.4 Å². The Balaban J connectivity index is 1.60. The molecular formula is C26H20ClN6O6-. The number of hydrogen-bond donors (Lipinski definition) is 1. The number of allylic oxidation sites excluding steroid dienone is 4. The number of hydrogen-bond acceptors (Lipinski definition) is 9. The Morgan fingerprint density at radius 3 is 2.38 bits per heavy atom. The lowest BCUT2D eigenvalue weighted by molar-refractivity contribution is -0.375. The molecule has 4 rings (SSSR count). The zero-order chi connectivity index (χ0) is 28.1. The van der Waals surface area contributed by atoms with Crippen LogP contribution in [0.5, 0.6) is 0 Å². The number of anilines is 1. The summed E-state index contributed by atoms with van der Waals surface area (Å²) in [5.41, 5.74) is 3.05. The molecule has 1 N–H and O–H groups in total. The van der Waals surface area contributed by atoms with Crippen LogP contribution in [0.25, 0.3) is 0 Å². The average Bonchev–Trinajstić information content (AvgIpc) is 3.25. The standard InChI is InChI=1S/C26H20ClN6O6/c1-16(34)31(19-13-11-18(27)12-14-19)22(35)15-23(36)32-26(37)25(24(30-32)17-7-3-2-4-8-17)29-28-20-9-5-6-10-21(20)33(38)39/h2-14,25,29H,15H2,1H3/q-1. The van der Waals surface area contributed by atoms with Gasteiger partial charge >= 0.3 is 0 Å². The summed E-state index contributed by atoms with van der Waals surface area (Å²) >= 11 is 5.88. The molecule has 0 saturated heterocycles. The van der Waals surface area contributed by atoms with Crippen LogP contribution in [0.15, 0.2) is 89.1 Å². The Morgan fingerprint density at radius 1 is 1.08 bits per heavy atom. The summed E-state index contributed by atoms with van der Waals surface area (Å²) < 4.78 is 0. The van der Waals surface area contributed by atoms with E-state index >= 15 is 0 Å². The maximum absolute atomic E-state index is 13.3. The molecule has 13 heteroatoms. The molecular weight excluding hydrogens is 528 g/mol. The molecule has 4 amide bonds. The highest BCUT2D eigenvalue weighted by atomic mass is 35.5. The van der Waals surface area contributed by atoms with Gasteiger partial charge in [-0.05, 0) is 30.3 Å². The highest BCUT2D eigenvalue weighted by molar-refractivity contribution is 6.49. The Labute approximate surface area is 227 Å². The van der Waals surface area contributed by atoms with Crippen molar-refractivity contribution in [3.63, 3.8) is 0 Å². The first-order chi connectivity index (χ1) is 18.7. The third kappa shape index (κ3) is 5.91. The van der Waals surface area contributed by atoms with Crippen LogP contribution >= 0.6 is 11.6 Å². The monoisotopic (exact) mass is 547 g/mol. The lowest BCUT2D eigenvalue weighted by Crippen LogP contribution is -2.45. The molecule has 0 radical (unpaired) electrons. The summed E-state index contributed by atoms with van der Waals surface area (Å²) in [7, 11) is 0. The van der Waals surface area contributed by atoms with Crippen LogP contribution in [0.1, 0.15) is 18.9 Å². The number of hydrazone groups is 2. The number of carbonyl (C=O) groups is 4. The second-order valence-electron chi connectivity index (χ2n) is 8.22. The second-order valence-corrected chi connectivity index (χ2v) is 8.65. The lowest BCUT2D eigenvalue weighted by atomic mass is 10.0. The maximum Gasteiger partial charge on any atom is 0.280 e. The number of imide groups is 2. The molecule has 2 aromatic carbocycles. The molecule has 2 aromatic rings. The Morgan fingerprint density at radius 2 is 1.74 bits per heavy atom. The van der Waals surface area contributed by atoms with Gasteiger partial charge in [0.25, 0.3) is 11.8 Å². The Hall–Kier alpha value is -5.10. The number of rotatable bonds is 6. The molecule has 1 unspecified atom stereocenters. The molecule has 2 aliphatic rings. The number of halogens is 1. The fourth-order valence-corrected chi connectivity index (χ4v) is 3.93. The smallest absolute Gasteiger partial charge is 0.280 e. The first-order valence-electron chi connectivity index (χ1n) is 11.5. The van der Waals surface area contributed by atoms with Gasteiger partial charge in [-0.1, -0.05) is 54.1 Å². The van der Waals surface area contributed by atoms with E-state index < -0.39 is 41.0 Å². The van der Waals surface area contributed by atoms with Gasteiger partial charge in [-0.2, -0.15) is 20.1 Å². The van der Waals surface area contributed by atoms with Gasteiger partial charge in [-0.3, -0.25) is 29.5 Å². The van der Waals surface area contributed by atoms with Crippen molar-refractivity contribution in [3.05, 3.63) is 99.9 Å². The molecule has 0 aromatic heterocycles. The Bertz CT molecular complexity index is 1480. The lowest BCUT2D eigenvalue weighted by Gasteiger charge is -2.20. The average molecular weight is 548 g/mol. The Kier molecular flexibility index (Phi) is 7.96. The number of nitrogens with one attached hydrogen (secondary N) is 1. The van der Waals surface area contributed by atoms with Gasteiger partial charge in [-0.25, -0.2) is 0 Å². The SMILES string of the molecule is CC(=O)N(C(=O)CC(=O)N1N=C(c2ccccc2)C(NN=C2C=CC=CC2=[N+]([O-])[O-])C1=O)c1ccc(Cl)cc1. The molecule has 1 heterocycles. The fraction of sp³-hybridized carbons (Fsp3) is 0.115. The summed E-state index contributed by atoms with van der Waals surface area (Å²) in [5, 5.41) is 31.8. The van der Waals surface area contributed by atoms with Crippen LogP contribution in [0, 0.1) is 10.4 Å². The summed E-state index contributed by atoms with van der Waals surface area (Å²) in [6, 6.07) is 13.0. The van der Waals surface area contributed by atoms with Crippen molar-refractivity contribution in [1.82, 2.24) is 10.4 Å². The van der Waals surface area contributed by atoms with E-state index in [0.717, 1.165) is 11.8 Å². The topological polar surface area (TPSA) is 161 Å². The van der Waals surface area contributed by atoms with Crippen molar-refractivity contribution in [3.8, 4) is 0 Å². The van der Waals surface area contributed by atoms with Crippen molar-refractivity contribution < 1.29 is 24.1 Å². The molecule has 39 heavy (non-hydrogen) atoms. The van der Waals surface area contributed by atoms with Gasteiger partial charge in [0.2, 0.25) is 17.5 Å². The van der Waals surface area contributed by atoms with E-state index in [1.165, 1.54) is 42.5 Å². The molecule has 0 saturated carbocycles. The predicted molar refractivity (Wildman–Crippen MR) is 144 cm³/mol. The van der Waals surface area contributed by atoms with Gasteiger partial charge < -0.3 is 10.4 Å². The molecule has 0 fully saturated rings. The summed E-state index contributed by atoms with van der Waals surface area (Å²) in [5.74, 6) is -3.34. The van der Waals surface area contributed by atoms with E-state index in [-0.39, 0.29) is 22.8 Å². The van der Waals surface area contributed by atoms with Gasteiger partial charge in [0.15, 0.2) is 11.8 Å². The summed E-state index contributed by atoms with van der Waals surface area (Å²) in [4.78, 5) is 51.7. The highest BCUT2D eigenvalue weighted by Gasteiger charge is 2.41. The van der Waals surface area contributed by atoms with E-state index in [1.807, 2.05) is 0 Å². The molecule has 0 spiro atoms. The third-order valence-electron chi connectivity index (χ3n) is 5.59. The van der Waals surface area contributed by atoms with E-state index in [4.69, 9.17) is 11.6 Å². The quantitative estimate of drug-likeness (QED) is 0.251. The van der Waals surface area contributed by atoms with Crippen LogP contribution in [0.2, 0.25) is 5.02 Å². The van der Waals surface area contributed by atoms with E-state index in [2.05, 4.69) is 15.6 Å². The third-order valence-corrected chi connectivity index (χ3v) is 5.84. The molecule has 1 aliphatic heterocycles. The number of nitrogens with zero attached hydrogens (tertiary/aromatic N) is 5. The normalized spacial score (nSPS) is 17.3. The first kappa shape index (κ1) is 26.9. The van der Waals surface area contributed by atoms with Crippen LogP contribution < -0.4 is 10.3 Å². The summed E-state index contributed by atoms with van der Waals surface area (Å²) in [6.07, 6.45) is 4.82. The molecule has 0 bridgehead atoms. The van der Waals surface area contributed by atoms with Crippen LogP contribution in [-0.4, -0.2) is 56.7 Å². The minimum atomic E-state index is -1.29. The van der Waals surface area contributed by atoms with Crippen LogP contribution in [0.3, 0.4) is 0 Å². The zero-order valence-corrected chi connectivity index (χ0v) is 21.1. The fourth-order valence-electron chi connectivity index (χ4n) is 3.80. The van der Waals surface area contributed by atoms with Gasteiger partial charge in [0.1, 0.15) is 12.1 Å². The molecule has 12 nitrogen and oxygen atoms in total. The van der Waals surface area contributed by atoms with Crippen LogP contribution in [0.4, 0.5) is 5.69 Å². The molecule has 1 aliphatic carbocycles. The minimum absolute atomic E-state index is 0.0391. The molecule has 198 valence electrons. The van der Waals surface area contributed by atoms with E-state index in [9.17, 15) is 29.6 Å². The zero-order valence-electron chi connectivity index (χ0n) is 20.4. The predicted octanol–water partition coefficient (Wildman–Crippen LogP) is 2.27. The van der Waals surface area contributed by atoms with Crippen molar-refractivity contribution in [2.24, 2.45) is 10.2 Å². The van der Waals surface area contributed by atoms with Gasteiger partial charge in [0, 0.05) is 23.6 Å². The highest BCUT2D eigenvalue weighted by Crippen LogP contribution is 2.21. The number of carbonyl (C=O) groups excluding carboxylic acids is 4. The van der Waals surface area contributed by atoms with E-state index in [0.29, 0.717) is 15.6 Å². The largest absolute Gasteiger partial charge is 0.612 e. The number of amides is 4. The van der Waals surface area contributed by atoms with Gasteiger partial charge in [-0.15, -0.1) is 0 Å². The van der Waals surface area contributed by atoms with Crippen molar-refractivity contribution in [1.29, 1.82) is 0 Å². The second kappa shape index (κ2) is 11.5. The first-order valence-corrected chi connectivity index (χ1v) is 11.8. The minimum Gasteiger partial charge on any atom is -0.612 e. The maximum atomic E-state index is 13.3. The molecule has 1 atom stereocenters. The number of benzene rings is 2. The summed E-state index contributed by atoms with van der Waals surface area (Å²) in [6.45, 7) is 1.16. The van der Waals surface area contributed by atoms with Crippen molar-refractivity contribution >= 4 is 58.1 Å². The van der Waals surface area contributed by atoms with Gasteiger partial charge in [0.05, 0.1) is 5.69 Å². The van der Waals surface area contributed by atoms with Crippen molar-refractivity contribution in [2.45, 2.75) is 19.4 Å².